The minimum atomic E-state index is 0.444. The largest absolute Gasteiger partial charge is 0.360 e. The van der Waals surface area contributed by atoms with E-state index in [9.17, 15) is 0 Å². The molecule has 4 aliphatic rings. The molecular formula is C20H32N2S. The Morgan fingerprint density at radius 1 is 1.09 bits per heavy atom. The summed E-state index contributed by atoms with van der Waals surface area (Å²) in [6.07, 6.45) is 12.8. The number of allylic oxidation sites excluding steroid dienone is 2. The van der Waals surface area contributed by atoms with E-state index in [0.29, 0.717) is 17.5 Å². The van der Waals surface area contributed by atoms with Gasteiger partial charge in [-0.15, -0.1) is 0 Å². The molecule has 3 heteroatoms. The van der Waals surface area contributed by atoms with Gasteiger partial charge in [-0.3, -0.25) is 0 Å². The molecule has 4 aliphatic carbocycles. The minimum Gasteiger partial charge on any atom is -0.360 e. The van der Waals surface area contributed by atoms with Crippen LogP contribution in [0, 0.1) is 35.0 Å². The van der Waals surface area contributed by atoms with E-state index in [0.717, 1.165) is 34.7 Å². The van der Waals surface area contributed by atoms with Crippen molar-refractivity contribution in [3.05, 3.63) is 12.2 Å². The van der Waals surface area contributed by atoms with Crippen LogP contribution in [-0.2, 0) is 0 Å². The summed E-state index contributed by atoms with van der Waals surface area (Å²) < 4.78 is 0. The Kier molecular flexibility index (Phi) is 3.98. The number of hydrogen-bond donors (Lipinski definition) is 2. The zero-order valence-electron chi connectivity index (χ0n) is 14.8. The molecule has 128 valence electrons. The van der Waals surface area contributed by atoms with Gasteiger partial charge in [-0.1, -0.05) is 32.9 Å². The number of nitrogens with one attached hydrogen (secondary N) is 2. The van der Waals surface area contributed by atoms with Crippen molar-refractivity contribution in [1.29, 1.82) is 0 Å². The molecule has 4 rings (SSSR count). The van der Waals surface area contributed by atoms with Gasteiger partial charge in [0.25, 0.3) is 0 Å². The van der Waals surface area contributed by atoms with E-state index in [1.54, 1.807) is 0 Å². The second-order valence-corrected chi connectivity index (χ2v) is 10.0. The van der Waals surface area contributed by atoms with Crippen molar-refractivity contribution in [2.75, 3.05) is 0 Å². The van der Waals surface area contributed by atoms with Gasteiger partial charge in [-0.2, -0.15) is 0 Å². The molecule has 0 unspecified atom stereocenters. The Morgan fingerprint density at radius 3 is 2.70 bits per heavy atom. The first-order valence-corrected chi connectivity index (χ1v) is 10.1. The molecule has 0 radical (unpaired) electrons. The molecule has 2 N–H and O–H groups in total. The topological polar surface area (TPSA) is 24.1 Å². The molecule has 0 aromatic carbocycles. The standard InChI is InChI=1S/C20H32N2S/c1-12-7-14(11-20(2,3)10-12)21-19(23)22-18-9-13-8-17(18)16-6-4-5-15(13)16/h4,6,12-18H,5,7-11H2,1-3H3,(H2,21,22,23)/t12-,13-,14+,15-,16+,17+,18+/m0/s1. The third-order valence-electron chi connectivity index (χ3n) is 7.05. The Hall–Kier alpha value is -0.570. The Labute approximate surface area is 146 Å². The van der Waals surface area contributed by atoms with Gasteiger partial charge in [0, 0.05) is 12.1 Å². The van der Waals surface area contributed by atoms with Gasteiger partial charge in [0.2, 0.25) is 0 Å². The second kappa shape index (κ2) is 5.75. The molecule has 7 atom stereocenters. The van der Waals surface area contributed by atoms with Crippen LogP contribution in [0.1, 0.15) is 59.3 Å². The van der Waals surface area contributed by atoms with Crippen LogP contribution in [0.25, 0.3) is 0 Å². The van der Waals surface area contributed by atoms with Crippen LogP contribution in [0.4, 0.5) is 0 Å². The van der Waals surface area contributed by atoms with E-state index in [4.69, 9.17) is 12.2 Å². The lowest BCUT2D eigenvalue weighted by molar-refractivity contribution is 0.161. The summed E-state index contributed by atoms with van der Waals surface area (Å²) in [5, 5.41) is 8.27. The fourth-order valence-electron chi connectivity index (χ4n) is 6.56. The summed E-state index contributed by atoms with van der Waals surface area (Å²) >= 11 is 5.68. The van der Waals surface area contributed by atoms with Gasteiger partial charge in [0.15, 0.2) is 5.11 Å². The highest BCUT2D eigenvalue weighted by Gasteiger charge is 2.52. The molecule has 0 aliphatic heterocycles. The molecule has 0 amide bonds. The fourth-order valence-corrected chi connectivity index (χ4v) is 6.88. The van der Waals surface area contributed by atoms with Crippen LogP contribution in [-0.4, -0.2) is 17.2 Å². The van der Waals surface area contributed by atoms with Crippen LogP contribution in [0.5, 0.6) is 0 Å². The van der Waals surface area contributed by atoms with Gasteiger partial charge in [-0.25, -0.2) is 0 Å². The van der Waals surface area contributed by atoms with E-state index in [2.05, 4.69) is 43.6 Å². The van der Waals surface area contributed by atoms with E-state index >= 15 is 0 Å². The van der Waals surface area contributed by atoms with Crippen molar-refractivity contribution in [2.45, 2.75) is 71.4 Å². The molecule has 0 aromatic rings. The van der Waals surface area contributed by atoms with Crippen molar-refractivity contribution < 1.29 is 0 Å². The Morgan fingerprint density at radius 2 is 1.91 bits per heavy atom. The molecule has 0 spiro atoms. The van der Waals surface area contributed by atoms with Gasteiger partial charge in [-0.05, 0) is 85.7 Å². The quantitative estimate of drug-likeness (QED) is 0.583. The van der Waals surface area contributed by atoms with Crippen LogP contribution in [0.3, 0.4) is 0 Å². The maximum absolute atomic E-state index is 5.68. The molecule has 0 aromatic heterocycles. The number of hydrogen-bond acceptors (Lipinski definition) is 1. The van der Waals surface area contributed by atoms with Crippen LogP contribution in [0.15, 0.2) is 12.2 Å². The Bertz CT molecular complexity index is 512. The lowest BCUT2D eigenvalue weighted by Gasteiger charge is -2.40. The highest BCUT2D eigenvalue weighted by Crippen LogP contribution is 2.56. The summed E-state index contributed by atoms with van der Waals surface area (Å²) in [4.78, 5) is 0. The lowest BCUT2D eigenvalue weighted by Crippen LogP contribution is -2.51. The van der Waals surface area contributed by atoms with Gasteiger partial charge in [0.05, 0.1) is 0 Å². The van der Waals surface area contributed by atoms with E-state index in [1.807, 2.05) is 0 Å². The normalized spacial score (nSPS) is 46.7. The summed E-state index contributed by atoms with van der Waals surface area (Å²) in [7, 11) is 0. The summed E-state index contributed by atoms with van der Waals surface area (Å²) in [6, 6.07) is 1.16. The lowest BCUT2D eigenvalue weighted by atomic mass is 9.71. The minimum absolute atomic E-state index is 0.444. The number of rotatable bonds is 2. The highest BCUT2D eigenvalue weighted by atomic mass is 32.1. The second-order valence-electron chi connectivity index (χ2n) is 9.63. The predicted molar refractivity (Wildman–Crippen MR) is 100 cm³/mol. The van der Waals surface area contributed by atoms with Gasteiger partial charge in [0.1, 0.15) is 0 Å². The summed E-state index contributed by atoms with van der Waals surface area (Å²) in [6.45, 7) is 7.18. The predicted octanol–water partition coefficient (Wildman–Crippen LogP) is 4.27. The maximum Gasteiger partial charge on any atom is 0.166 e. The molecule has 3 fully saturated rings. The monoisotopic (exact) mass is 332 g/mol. The van der Waals surface area contributed by atoms with Crippen molar-refractivity contribution in [1.82, 2.24) is 10.6 Å². The SMILES string of the molecule is C[C@H]1C[C@@H](NC(=S)N[C@@H]2C[C@@H]3C[C@@H]2[C@@H]2C=CC[C@@H]32)CC(C)(C)C1. The zero-order chi connectivity index (χ0) is 16.2. The van der Waals surface area contributed by atoms with Crippen molar-refractivity contribution >= 4 is 17.3 Å². The summed E-state index contributed by atoms with van der Waals surface area (Å²) in [5.74, 6) is 4.35. The third-order valence-corrected chi connectivity index (χ3v) is 7.28. The first kappa shape index (κ1) is 15.9. The van der Waals surface area contributed by atoms with Crippen molar-refractivity contribution in [2.24, 2.45) is 35.0 Å². The fraction of sp³-hybridized carbons (Fsp3) is 0.850. The summed E-state index contributed by atoms with van der Waals surface area (Å²) in [5.41, 5.74) is 0.444. The van der Waals surface area contributed by atoms with E-state index < -0.39 is 0 Å². The molecule has 0 heterocycles. The first-order chi connectivity index (χ1) is 10.9. The average Bonchev–Trinajstić information content (AvgIpc) is 3.06. The van der Waals surface area contributed by atoms with Crippen molar-refractivity contribution in [3.63, 3.8) is 0 Å². The first-order valence-electron chi connectivity index (χ1n) is 9.65. The maximum atomic E-state index is 5.68. The van der Waals surface area contributed by atoms with Crippen LogP contribution in [0.2, 0.25) is 0 Å². The number of thiocarbonyl (C=S) groups is 1. The van der Waals surface area contributed by atoms with Gasteiger partial charge < -0.3 is 10.6 Å². The zero-order valence-corrected chi connectivity index (χ0v) is 15.7. The number of fused-ring (bicyclic) bond motifs is 5. The molecular weight excluding hydrogens is 300 g/mol. The van der Waals surface area contributed by atoms with Gasteiger partial charge >= 0.3 is 0 Å². The van der Waals surface area contributed by atoms with Crippen LogP contribution < -0.4 is 10.6 Å². The highest BCUT2D eigenvalue weighted by molar-refractivity contribution is 7.80. The van der Waals surface area contributed by atoms with E-state index in [-0.39, 0.29) is 0 Å². The Balaban J connectivity index is 1.32. The van der Waals surface area contributed by atoms with Crippen LogP contribution >= 0.6 is 12.2 Å². The molecule has 23 heavy (non-hydrogen) atoms. The average molecular weight is 333 g/mol. The third kappa shape index (κ3) is 3.06. The molecule has 2 nitrogen and oxygen atoms in total. The molecule has 0 saturated heterocycles. The van der Waals surface area contributed by atoms with Crippen molar-refractivity contribution in [3.8, 4) is 0 Å². The van der Waals surface area contributed by atoms with E-state index in [1.165, 1.54) is 38.5 Å². The smallest absolute Gasteiger partial charge is 0.166 e. The molecule has 3 saturated carbocycles. The molecule has 2 bridgehead atoms.